The average molecular weight is 282 g/mol. The molecule has 2 heterocycles. The summed E-state index contributed by atoms with van der Waals surface area (Å²) in [4.78, 5) is 4.39. The van der Waals surface area contributed by atoms with Crippen LogP contribution in [-0.4, -0.2) is 14.8 Å². The first-order chi connectivity index (χ1) is 10.2. The highest BCUT2D eigenvalue weighted by molar-refractivity contribution is 5.77. The molecule has 5 nitrogen and oxygen atoms in total. The number of fused-ring (bicyclic) bond motifs is 2. The van der Waals surface area contributed by atoms with Gasteiger partial charge in [-0.15, -0.1) is 0 Å². The Bertz CT molecular complexity index is 802. The molecule has 108 valence electrons. The van der Waals surface area contributed by atoms with E-state index < -0.39 is 0 Å². The molecule has 0 amide bonds. The molecule has 21 heavy (non-hydrogen) atoms. The molecule has 0 saturated carbocycles. The third kappa shape index (κ3) is 2.09. The van der Waals surface area contributed by atoms with Gasteiger partial charge in [-0.05, 0) is 37.5 Å². The number of aromatic nitrogens is 3. The zero-order chi connectivity index (χ0) is 14.4. The molecule has 0 bridgehead atoms. The summed E-state index contributed by atoms with van der Waals surface area (Å²) in [6, 6.07) is 6.41. The van der Waals surface area contributed by atoms with Crippen LogP contribution < -0.4 is 5.32 Å². The Hall–Kier alpha value is -2.30. The maximum atomic E-state index is 5.52. The monoisotopic (exact) mass is 282 g/mol. The number of oxazole rings is 1. The van der Waals surface area contributed by atoms with Crippen molar-refractivity contribution in [1.82, 2.24) is 14.8 Å². The number of benzene rings is 1. The van der Waals surface area contributed by atoms with E-state index in [-0.39, 0.29) is 0 Å². The van der Waals surface area contributed by atoms with Crippen LogP contribution in [0, 0.1) is 6.92 Å². The van der Waals surface area contributed by atoms with E-state index in [1.165, 1.54) is 17.7 Å². The predicted molar refractivity (Wildman–Crippen MR) is 81.3 cm³/mol. The van der Waals surface area contributed by atoms with Crippen molar-refractivity contribution in [2.24, 2.45) is 7.05 Å². The number of hydrogen-bond acceptors (Lipinski definition) is 4. The zero-order valence-corrected chi connectivity index (χ0v) is 12.3. The summed E-state index contributed by atoms with van der Waals surface area (Å²) in [5, 5.41) is 8.01. The van der Waals surface area contributed by atoms with E-state index in [2.05, 4.69) is 27.5 Å². The predicted octanol–water partition coefficient (Wildman–Crippen LogP) is 3.36. The van der Waals surface area contributed by atoms with Crippen LogP contribution in [0.3, 0.4) is 0 Å². The Labute approximate surface area is 123 Å². The molecular formula is C16H18N4O. The van der Waals surface area contributed by atoms with Gasteiger partial charge in [0.25, 0.3) is 0 Å². The van der Waals surface area contributed by atoms with Crippen molar-refractivity contribution >= 4 is 16.8 Å². The van der Waals surface area contributed by atoms with Gasteiger partial charge in [0.1, 0.15) is 5.52 Å². The molecule has 1 atom stereocenters. The first kappa shape index (κ1) is 12.4. The first-order valence-electron chi connectivity index (χ1n) is 7.35. The van der Waals surface area contributed by atoms with Crippen LogP contribution in [-0.2, 0) is 13.5 Å². The summed E-state index contributed by atoms with van der Waals surface area (Å²) >= 11 is 0. The van der Waals surface area contributed by atoms with Gasteiger partial charge in [0, 0.05) is 30.9 Å². The van der Waals surface area contributed by atoms with Crippen LogP contribution >= 0.6 is 0 Å². The van der Waals surface area contributed by atoms with Crippen molar-refractivity contribution in [3.63, 3.8) is 0 Å². The summed E-state index contributed by atoms with van der Waals surface area (Å²) in [6.07, 6.45) is 5.43. The van der Waals surface area contributed by atoms with E-state index in [0.717, 1.165) is 29.6 Å². The SMILES string of the molecule is Cc1nc2cc(NC3CCCc4c3cnn4C)ccc2o1. The molecule has 0 aliphatic heterocycles. The van der Waals surface area contributed by atoms with E-state index in [4.69, 9.17) is 4.42 Å². The van der Waals surface area contributed by atoms with Crippen molar-refractivity contribution in [3.8, 4) is 0 Å². The minimum atomic E-state index is 0.327. The van der Waals surface area contributed by atoms with Crippen molar-refractivity contribution in [2.45, 2.75) is 32.2 Å². The summed E-state index contributed by atoms with van der Waals surface area (Å²) in [5.41, 5.74) is 5.48. The third-order valence-electron chi connectivity index (χ3n) is 4.21. The maximum Gasteiger partial charge on any atom is 0.192 e. The highest BCUT2D eigenvalue weighted by atomic mass is 16.3. The quantitative estimate of drug-likeness (QED) is 0.783. The third-order valence-corrected chi connectivity index (χ3v) is 4.21. The van der Waals surface area contributed by atoms with Crippen LogP contribution in [0.4, 0.5) is 5.69 Å². The lowest BCUT2D eigenvalue weighted by Gasteiger charge is -2.24. The lowest BCUT2D eigenvalue weighted by Crippen LogP contribution is -2.17. The fourth-order valence-corrected chi connectivity index (χ4v) is 3.19. The smallest absolute Gasteiger partial charge is 0.192 e. The molecule has 1 N–H and O–H groups in total. The zero-order valence-electron chi connectivity index (χ0n) is 12.3. The average Bonchev–Trinajstić information content (AvgIpc) is 3.02. The van der Waals surface area contributed by atoms with E-state index >= 15 is 0 Å². The van der Waals surface area contributed by atoms with Crippen LogP contribution in [0.25, 0.3) is 11.1 Å². The second kappa shape index (κ2) is 4.62. The fraction of sp³-hybridized carbons (Fsp3) is 0.375. The van der Waals surface area contributed by atoms with Crippen LogP contribution in [0.2, 0.25) is 0 Å². The minimum absolute atomic E-state index is 0.327. The highest BCUT2D eigenvalue weighted by Gasteiger charge is 2.23. The summed E-state index contributed by atoms with van der Waals surface area (Å²) < 4.78 is 7.51. The highest BCUT2D eigenvalue weighted by Crippen LogP contribution is 2.32. The Kier molecular flexibility index (Phi) is 2.74. The van der Waals surface area contributed by atoms with E-state index in [1.807, 2.05) is 30.9 Å². The molecule has 0 saturated heterocycles. The molecule has 0 spiro atoms. The van der Waals surface area contributed by atoms with Crippen molar-refractivity contribution in [1.29, 1.82) is 0 Å². The second-order valence-electron chi connectivity index (χ2n) is 5.67. The molecule has 5 heteroatoms. The van der Waals surface area contributed by atoms with Crippen LogP contribution in [0.1, 0.15) is 36.0 Å². The van der Waals surface area contributed by atoms with Gasteiger partial charge >= 0.3 is 0 Å². The van der Waals surface area contributed by atoms with Gasteiger partial charge in [-0.2, -0.15) is 5.10 Å². The number of nitrogens with one attached hydrogen (secondary N) is 1. The molecule has 0 radical (unpaired) electrons. The Morgan fingerprint density at radius 1 is 1.38 bits per heavy atom. The van der Waals surface area contributed by atoms with Crippen LogP contribution in [0.5, 0.6) is 0 Å². The standard InChI is InChI=1S/C16H18N4O/c1-10-18-14-8-11(6-7-16(14)21-10)19-13-4-3-5-15-12(13)9-17-20(15)2/h6-9,13,19H,3-5H2,1-2H3. The molecule has 4 rings (SSSR count). The molecule has 3 aromatic rings. The van der Waals surface area contributed by atoms with Gasteiger partial charge in [-0.25, -0.2) is 4.98 Å². The van der Waals surface area contributed by atoms with Crippen molar-refractivity contribution in [2.75, 3.05) is 5.32 Å². The van der Waals surface area contributed by atoms with E-state index in [1.54, 1.807) is 0 Å². The molecule has 2 aromatic heterocycles. The number of nitrogens with zero attached hydrogens (tertiary/aromatic N) is 3. The normalized spacial score (nSPS) is 17.9. The molecule has 1 aliphatic rings. The Morgan fingerprint density at radius 2 is 2.29 bits per heavy atom. The summed E-state index contributed by atoms with van der Waals surface area (Å²) in [7, 11) is 2.02. The molecular weight excluding hydrogens is 264 g/mol. The second-order valence-corrected chi connectivity index (χ2v) is 5.67. The lowest BCUT2D eigenvalue weighted by molar-refractivity contribution is 0.561. The minimum Gasteiger partial charge on any atom is -0.441 e. The van der Waals surface area contributed by atoms with Crippen molar-refractivity contribution < 1.29 is 4.42 Å². The number of hydrogen-bond donors (Lipinski definition) is 1. The Morgan fingerprint density at radius 3 is 3.19 bits per heavy atom. The first-order valence-corrected chi connectivity index (χ1v) is 7.35. The van der Waals surface area contributed by atoms with Gasteiger partial charge in [0.2, 0.25) is 0 Å². The molecule has 1 aliphatic carbocycles. The molecule has 1 aromatic carbocycles. The lowest BCUT2D eigenvalue weighted by atomic mass is 9.93. The maximum absolute atomic E-state index is 5.52. The van der Waals surface area contributed by atoms with Gasteiger partial charge in [0.15, 0.2) is 11.5 Å². The van der Waals surface area contributed by atoms with Gasteiger partial charge < -0.3 is 9.73 Å². The van der Waals surface area contributed by atoms with Crippen LogP contribution in [0.15, 0.2) is 28.8 Å². The Balaban J connectivity index is 1.65. The molecule has 1 unspecified atom stereocenters. The number of rotatable bonds is 2. The summed E-state index contributed by atoms with van der Waals surface area (Å²) in [6.45, 7) is 1.87. The summed E-state index contributed by atoms with van der Waals surface area (Å²) in [5.74, 6) is 0.703. The number of anilines is 1. The van der Waals surface area contributed by atoms with Gasteiger partial charge in [-0.1, -0.05) is 0 Å². The molecule has 0 fully saturated rings. The van der Waals surface area contributed by atoms with Gasteiger partial charge in [0.05, 0.1) is 12.2 Å². The largest absolute Gasteiger partial charge is 0.441 e. The topological polar surface area (TPSA) is 55.9 Å². The number of aryl methyl sites for hydroxylation is 2. The van der Waals surface area contributed by atoms with Crippen molar-refractivity contribution in [3.05, 3.63) is 41.5 Å². The van der Waals surface area contributed by atoms with Gasteiger partial charge in [-0.3, -0.25) is 4.68 Å². The van der Waals surface area contributed by atoms with E-state index in [9.17, 15) is 0 Å². The fourth-order valence-electron chi connectivity index (χ4n) is 3.19. The van der Waals surface area contributed by atoms with E-state index in [0.29, 0.717) is 11.9 Å².